The van der Waals surface area contributed by atoms with Crippen LogP contribution in [0.2, 0.25) is 0 Å². The molecule has 1 atom stereocenters. The summed E-state index contributed by atoms with van der Waals surface area (Å²) in [5.41, 5.74) is 2.05. The van der Waals surface area contributed by atoms with Crippen molar-refractivity contribution in [2.24, 2.45) is 0 Å². The van der Waals surface area contributed by atoms with E-state index in [1.807, 2.05) is 55.5 Å². The highest BCUT2D eigenvalue weighted by atomic mass is 16.5. The third-order valence-corrected chi connectivity index (χ3v) is 3.94. The third-order valence-electron chi connectivity index (χ3n) is 3.94. The number of carbonyl (C=O) groups is 1. The molecule has 0 aliphatic heterocycles. The molecule has 4 nitrogen and oxygen atoms in total. The van der Waals surface area contributed by atoms with Crippen molar-refractivity contribution in [2.75, 3.05) is 6.61 Å². The van der Waals surface area contributed by atoms with Gasteiger partial charge in [0.1, 0.15) is 11.5 Å². The second-order valence-corrected chi connectivity index (χ2v) is 6.21. The van der Waals surface area contributed by atoms with Gasteiger partial charge in [-0.25, -0.2) is 0 Å². The molecule has 2 aromatic carbocycles. The van der Waals surface area contributed by atoms with Crippen molar-refractivity contribution >= 4 is 5.91 Å². The molecule has 2 aromatic rings. The summed E-state index contributed by atoms with van der Waals surface area (Å²) >= 11 is 0. The lowest BCUT2D eigenvalue weighted by Crippen LogP contribution is -2.36. The quantitative estimate of drug-likeness (QED) is 0.779. The molecule has 0 fully saturated rings. The van der Waals surface area contributed by atoms with Crippen molar-refractivity contribution in [3.8, 4) is 11.5 Å². The normalized spacial score (nSPS) is 11.9. The standard InChI is InChI=1S/C21H27NO3/c1-5-24-19-12-8-6-10-17(19)14-22-21(23)16(4)25-20-13-9-7-11-18(20)15(2)3/h6-13,15-16H,5,14H2,1-4H3,(H,22,23). The second-order valence-electron chi connectivity index (χ2n) is 6.21. The van der Waals surface area contributed by atoms with Gasteiger partial charge in [-0.15, -0.1) is 0 Å². The summed E-state index contributed by atoms with van der Waals surface area (Å²) in [7, 11) is 0. The fraction of sp³-hybridized carbons (Fsp3) is 0.381. The SMILES string of the molecule is CCOc1ccccc1CNC(=O)C(C)Oc1ccccc1C(C)C. The van der Waals surface area contributed by atoms with Gasteiger partial charge < -0.3 is 14.8 Å². The van der Waals surface area contributed by atoms with Crippen LogP contribution in [0.15, 0.2) is 48.5 Å². The number of hydrogen-bond donors (Lipinski definition) is 1. The van der Waals surface area contributed by atoms with Gasteiger partial charge in [0.15, 0.2) is 6.10 Å². The molecule has 0 aliphatic carbocycles. The smallest absolute Gasteiger partial charge is 0.261 e. The van der Waals surface area contributed by atoms with Crippen LogP contribution in [0.5, 0.6) is 11.5 Å². The van der Waals surface area contributed by atoms with Crippen molar-refractivity contribution in [1.82, 2.24) is 5.32 Å². The highest BCUT2D eigenvalue weighted by Crippen LogP contribution is 2.26. The van der Waals surface area contributed by atoms with Gasteiger partial charge in [-0.2, -0.15) is 0 Å². The van der Waals surface area contributed by atoms with E-state index in [2.05, 4.69) is 19.2 Å². The van der Waals surface area contributed by atoms with Crippen LogP contribution in [0.4, 0.5) is 0 Å². The van der Waals surface area contributed by atoms with E-state index >= 15 is 0 Å². The maximum atomic E-state index is 12.4. The summed E-state index contributed by atoms with van der Waals surface area (Å²) in [6.07, 6.45) is -0.570. The van der Waals surface area contributed by atoms with E-state index in [0.29, 0.717) is 19.1 Å². The van der Waals surface area contributed by atoms with Gasteiger partial charge in [0.25, 0.3) is 5.91 Å². The number of ether oxygens (including phenoxy) is 2. The highest BCUT2D eigenvalue weighted by molar-refractivity contribution is 5.80. The molecule has 0 bridgehead atoms. The van der Waals surface area contributed by atoms with E-state index in [1.165, 1.54) is 0 Å². The first-order chi connectivity index (χ1) is 12.0. The Morgan fingerprint density at radius 2 is 1.64 bits per heavy atom. The van der Waals surface area contributed by atoms with Gasteiger partial charge in [0.2, 0.25) is 0 Å². The van der Waals surface area contributed by atoms with Crippen molar-refractivity contribution in [3.05, 3.63) is 59.7 Å². The Balaban J connectivity index is 1.98. The van der Waals surface area contributed by atoms with Crippen molar-refractivity contribution in [1.29, 1.82) is 0 Å². The summed E-state index contributed by atoms with van der Waals surface area (Å²) in [4.78, 5) is 12.4. The Labute approximate surface area is 150 Å². The predicted octanol–water partition coefficient (Wildman–Crippen LogP) is 4.29. The summed E-state index contributed by atoms with van der Waals surface area (Å²) < 4.78 is 11.5. The van der Waals surface area contributed by atoms with Crippen LogP contribution in [0.25, 0.3) is 0 Å². The number of para-hydroxylation sites is 2. The number of carbonyl (C=O) groups excluding carboxylic acids is 1. The Kier molecular flexibility index (Phi) is 6.87. The number of hydrogen-bond acceptors (Lipinski definition) is 3. The van der Waals surface area contributed by atoms with Crippen LogP contribution < -0.4 is 14.8 Å². The molecule has 134 valence electrons. The molecule has 0 saturated carbocycles. The van der Waals surface area contributed by atoms with E-state index < -0.39 is 6.10 Å². The largest absolute Gasteiger partial charge is 0.494 e. The molecule has 0 saturated heterocycles. The first kappa shape index (κ1) is 18.8. The van der Waals surface area contributed by atoms with Gasteiger partial charge in [-0.1, -0.05) is 50.2 Å². The van der Waals surface area contributed by atoms with Crippen molar-refractivity contribution < 1.29 is 14.3 Å². The summed E-state index contributed by atoms with van der Waals surface area (Å²) in [5, 5.41) is 2.92. The maximum Gasteiger partial charge on any atom is 0.261 e. The van der Waals surface area contributed by atoms with Crippen LogP contribution in [-0.2, 0) is 11.3 Å². The molecule has 0 spiro atoms. The molecule has 1 N–H and O–H groups in total. The van der Waals surface area contributed by atoms with Gasteiger partial charge >= 0.3 is 0 Å². The molecule has 4 heteroatoms. The van der Waals surface area contributed by atoms with E-state index in [-0.39, 0.29) is 5.91 Å². The zero-order valence-electron chi connectivity index (χ0n) is 15.4. The molecule has 25 heavy (non-hydrogen) atoms. The summed E-state index contributed by atoms with van der Waals surface area (Å²) in [6, 6.07) is 15.6. The van der Waals surface area contributed by atoms with E-state index in [4.69, 9.17) is 9.47 Å². The molecule has 1 unspecified atom stereocenters. The zero-order valence-corrected chi connectivity index (χ0v) is 15.4. The van der Waals surface area contributed by atoms with Crippen LogP contribution >= 0.6 is 0 Å². The van der Waals surface area contributed by atoms with Crippen LogP contribution in [0, 0.1) is 0 Å². The average Bonchev–Trinajstić information content (AvgIpc) is 2.61. The number of rotatable bonds is 8. The third kappa shape index (κ3) is 5.24. The molecular formula is C21H27NO3. The first-order valence-electron chi connectivity index (χ1n) is 8.77. The van der Waals surface area contributed by atoms with Gasteiger partial charge in [-0.05, 0) is 37.5 Å². The average molecular weight is 341 g/mol. The number of nitrogens with one attached hydrogen (secondary N) is 1. The lowest BCUT2D eigenvalue weighted by molar-refractivity contribution is -0.127. The highest BCUT2D eigenvalue weighted by Gasteiger charge is 2.17. The fourth-order valence-corrected chi connectivity index (χ4v) is 2.58. The van der Waals surface area contributed by atoms with E-state index in [9.17, 15) is 4.79 Å². The fourth-order valence-electron chi connectivity index (χ4n) is 2.58. The Bertz CT molecular complexity index is 697. The lowest BCUT2D eigenvalue weighted by Gasteiger charge is -2.19. The second kappa shape index (κ2) is 9.11. The van der Waals surface area contributed by atoms with Gasteiger partial charge in [0, 0.05) is 12.1 Å². The maximum absolute atomic E-state index is 12.4. The minimum atomic E-state index is -0.570. The van der Waals surface area contributed by atoms with E-state index in [0.717, 1.165) is 22.6 Å². The molecule has 2 rings (SSSR count). The van der Waals surface area contributed by atoms with Gasteiger partial charge in [-0.3, -0.25) is 4.79 Å². The summed E-state index contributed by atoms with van der Waals surface area (Å²) in [6.45, 7) is 8.93. The van der Waals surface area contributed by atoms with Crippen molar-refractivity contribution in [3.63, 3.8) is 0 Å². The van der Waals surface area contributed by atoms with Crippen LogP contribution in [-0.4, -0.2) is 18.6 Å². The Hall–Kier alpha value is -2.49. The molecule has 1 amide bonds. The molecule has 0 heterocycles. The van der Waals surface area contributed by atoms with Crippen LogP contribution in [0.3, 0.4) is 0 Å². The van der Waals surface area contributed by atoms with Crippen molar-refractivity contribution in [2.45, 2.75) is 46.3 Å². The summed E-state index contributed by atoms with van der Waals surface area (Å²) in [5.74, 6) is 1.74. The van der Waals surface area contributed by atoms with Gasteiger partial charge in [0.05, 0.1) is 6.61 Å². The molecule has 0 radical (unpaired) electrons. The van der Waals surface area contributed by atoms with E-state index in [1.54, 1.807) is 6.92 Å². The first-order valence-corrected chi connectivity index (χ1v) is 8.77. The molecule has 0 aromatic heterocycles. The molecule has 0 aliphatic rings. The minimum absolute atomic E-state index is 0.148. The lowest BCUT2D eigenvalue weighted by atomic mass is 10.0. The van der Waals surface area contributed by atoms with Crippen LogP contribution in [0.1, 0.15) is 44.7 Å². The monoisotopic (exact) mass is 341 g/mol. The minimum Gasteiger partial charge on any atom is -0.494 e. The zero-order chi connectivity index (χ0) is 18.2. The number of amides is 1. The number of benzene rings is 2. The molecular weight excluding hydrogens is 314 g/mol. The Morgan fingerprint density at radius 3 is 2.32 bits per heavy atom. The topological polar surface area (TPSA) is 47.6 Å². The Morgan fingerprint density at radius 1 is 1.00 bits per heavy atom. The predicted molar refractivity (Wildman–Crippen MR) is 100 cm³/mol.